The topological polar surface area (TPSA) is 57.3 Å². The standard InChI is InChI=1S/C12H20N4O/c1-4-14-11(17)9-16(3)12-10(8-13-2)6-5-7-15-12/h5-7,13H,4,8-9H2,1-3H3,(H,14,17). The van der Waals surface area contributed by atoms with Crippen molar-refractivity contribution in [1.29, 1.82) is 0 Å². The van der Waals surface area contributed by atoms with E-state index in [1.54, 1.807) is 6.20 Å². The second-order valence-corrected chi connectivity index (χ2v) is 3.83. The first kappa shape index (κ1) is 13.4. The van der Waals surface area contributed by atoms with Crippen molar-refractivity contribution in [1.82, 2.24) is 15.6 Å². The minimum Gasteiger partial charge on any atom is -0.355 e. The summed E-state index contributed by atoms with van der Waals surface area (Å²) < 4.78 is 0. The summed E-state index contributed by atoms with van der Waals surface area (Å²) in [6, 6.07) is 3.91. The van der Waals surface area contributed by atoms with Gasteiger partial charge in [0.2, 0.25) is 5.91 Å². The van der Waals surface area contributed by atoms with Gasteiger partial charge >= 0.3 is 0 Å². The lowest BCUT2D eigenvalue weighted by Crippen LogP contribution is -2.35. The summed E-state index contributed by atoms with van der Waals surface area (Å²) in [7, 11) is 3.76. The number of anilines is 1. The second-order valence-electron chi connectivity index (χ2n) is 3.83. The van der Waals surface area contributed by atoms with Crippen molar-refractivity contribution in [3.63, 3.8) is 0 Å². The molecule has 5 heteroatoms. The Morgan fingerprint density at radius 3 is 2.94 bits per heavy atom. The molecule has 17 heavy (non-hydrogen) atoms. The maximum Gasteiger partial charge on any atom is 0.239 e. The monoisotopic (exact) mass is 236 g/mol. The lowest BCUT2D eigenvalue weighted by Gasteiger charge is -2.20. The van der Waals surface area contributed by atoms with E-state index < -0.39 is 0 Å². The van der Waals surface area contributed by atoms with Crippen LogP contribution in [0.5, 0.6) is 0 Å². The molecule has 2 N–H and O–H groups in total. The zero-order chi connectivity index (χ0) is 12.7. The van der Waals surface area contributed by atoms with Crippen LogP contribution in [-0.2, 0) is 11.3 Å². The lowest BCUT2D eigenvalue weighted by atomic mass is 10.2. The molecule has 0 saturated carbocycles. The van der Waals surface area contributed by atoms with Crippen LogP contribution < -0.4 is 15.5 Å². The van der Waals surface area contributed by atoms with Gasteiger partial charge in [-0.2, -0.15) is 0 Å². The third kappa shape index (κ3) is 4.03. The van der Waals surface area contributed by atoms with Crippen LogP contribution in [0.3, 0.4) is 0 Å². The number of nitrogens with one attached hydrogen (secondary N) is 2. The van der Waals surface area contributed by atoms with Gasteiger partial charge in [-0.1, -0.05) is 6.07 Å². The van der Waals surface area contributed by atoms with Crippen molar-refractivity contribution >= 4 is 11.7 Å². The van der Waals surface area contributed by atoms with Crippen LogP contribution >= 0.6 is 0 Å². The number of hydrogen-bond donors (Lipinski definition) is 2. The summed E-state index contributed by atoms with van der Waals surface area (Å²) in [5.41, 5.74) is 1.08. The Balaban J connectivity index is 2.73. The van der Waals surface area contributed by atoms with Crippen molar-refractivity contribution < 1.29 is 4.79 Å². The van der Waals surface area contributed by atoms with Gasteiger partial charge in [0.15, 0.2) is 0 Å². The molecule has 0 bridgehead atoms. The predicted octanol–water partition coefficient (Wildman–Crippen LogP) is 0.373. The Morgan fingerprint density at radius 2 is 2.29 bits per heavy atom. The molecule has 94 valence electrons. The molecule has 0 aliphatic rings. The number of likely N-dealkylation sites (N-methyl/N-ethyl adjacent to an activating group) is 2. The lowest BCUT2D eigenvalue weighted by molar-refractivity contribution is -0.119. The zero-order valence-electron chi connectivity index (χ0n) is 10.7. The molecule has 0 aromatic carbocycles. The minimum absolute atomic E-state index is 0.0102. The van der Waals surface area contributed by atoms with Gasteiger partial charge in [-0.25, -0.2) is 4.98 Å². The van der Waals surface area contributed by atoms with E-state index in [1.165, 1.54) is 0 Å². The summed E-state index contributed by atoms with van der Waals surface area (Å²) >= 11 is 0. The van der Waals surface area contributed by atoms with Gasteiger partial charge in [0.1, 0.15) is 5.82 Å². The quantitative estimate of drug-likeness (QED) is 0.749. The second kappa shape index (κ2) is 6.85. The molecule has 0 atom stereocenters. The molecule has 1 aromatic rings. The Hall–Kier alpha value is -1.62. The molecule has 1 amide bonds. The van der Waals surface area contributed by atoms with E-state index in [4.69, 9.17) is 0 Å². The van der Waals surface area contributed by atoms with Gasteiger partial charge in [0.05, 0.1) is 6.54 Å². The van der Waals surface area contributed by atoms with E-state index in [0.29, 0.717) is 13.1 Å². The maximum atomic E-state index is 11.5. The van der Waals surface area contributed by atoms with Gasteiger partial charge in [0, 0.05) is 31.9 Å². The number of hydrogen-bond acceptors (Lipinski definition) is 4. The van der Waals surface area contributed by atoms with Gasteiger partial charge < -0.3 is 15.5 Å². The molecule has 0 radical (unpaired) electrons. The summed E-state index contributed by atoms with van der Waals surface area (Å²) in [6.07, 6.45) is 1.74. The van der Waals surface area contributed by atoms with Crippen LogP contribution in [0, 0.1) is 0 Å². The molecule has 0 aliphatic heterocycles. The molecule has 0 fully saturated rings. The third-order valence-corrected chi connectivity index (χ3v) is 2.35. The maximum absolute atomic E-state index is 11.5. The highest BCUT2D eigenvalue weighted by molar-refractivity contribution is 5.81. The largest absolute Gasteiger partial charge is 0.355 e. The van der Waals surface area contributed by atoms with Gasteiger partial charge in [-0.15, -0.1) is 0 Å². The molecule has 1 heterocycles. The molecular weight excluding hydrogens is 216 g/mol. The minimum atomic E-state index is 0.0102. The molecule has 5 nitrogen and oxygen atoms in total. The van der Waals surface area contributed by atoms with Crippen molar-refractivity contribution in [2.24, 2.45) is 0 Å². The molecule has 0 saturated heterocycles. The number of carbonyl (C=O) groups is 1. The summed E-state index contributed by atoms with van der Waals surface area (Å²) in [5.74, 6) is 0.851. The first-order chi connectivity index (χ1) is 8.19. The highest BCUT2D eigenvalue weighted by Gasteiger charge is 2.11. The van der Waals surface area contributed by atoms with Crippen LogP contribution in [0.15, 0.2) is 18.3 Å². The highest BCUT2D eigenvalue weighted by Crippen LogP contribution is 2.14. The number of pyridine rings is 1. The Morgan fingerprint density at radius 1 is 1.53 bits per heavy atom. The smallest absolute Gasteiger partial charge is 0.239 e. The van der Waals surface area contributed by atoms with Crippen LogP contribution in [-0.4, -0.2) is 38.1 Å². The number of rotatable bonds is 6. The fraction of sp³-hybridized carbons (Fsp3) is 0.500. The summed E-state index contributed by atoms with van der Waals surface area (Å²) in [4.78, 5) is 17.7. The van der Waals surface area contributed by atoms with Crippen LogP contribution in [0.2, 0.25) is 0 Å². The highest BCUT2D eigenvalue weighted by atomic mass is 16.2. The van der Waals surface area contributed by atoms with E-state index in [1.807, 2.05) is 38.1 Å². The van der Waals surface area contributed by atoms with Crippen molar-refractivity contribution in [2.45, 2.75) is 13.5 Å². The molecule has 1 rings (SSSR count). The molecule has 0 aliphatic carbocycles. The van der Waals surface area contributed by atoms with E-state index in [-0.39, 0.29) is 5.91 Å². The summed E-state index contributed by atoms with van der Waals surface area (Å²) in [5, 5.41) is 5.86. The van der Waals surface area contributed by atoms with Crippen molar-refractivity contribution in [3.05, 3.63) is 23.9 Å². The Labute approximate surface area is 102 Å². The van der Waals surface area contributed by atoms with Crippen LogP contribution in [0.25, 0.3) is 0 Å². The van der Waals surface area contributed by atoms with Gasteiger partial charge in [0.25, 0.3) is 0 Å². The normalized spacial score (nSPS) is 10.1. The first-order valence-corrected chi connectivity index (χ1v) is 5.75. The number of aromatic nitrogens is 1. The molecule has 0 spiro atoms. The van der Waals surface area contributed by atoms with Crippen LogP contribution in [0.1, 0.15) is 12.5 Å². The van der Waals surface area contributed by atoms with E-state index in [0.717, 1.165) is 17.9 Å². The zero-order valence-corrected chi connectivity index (χ0v) is 10.7. The molecule has 0 unspecified atom stereocenters. The first-order valence-electron chi connectivity index (χ1n) is 5.75. The molecular formula is C12H20N4O. The number of amides is 1. The average Bonchev–Trinajstić information content (AvgIpc) is 2.30. The fourth-order valence-corrected chi connectivity index (χ4v) is 1.65. The van der Waals surface area contributed by atoms with E-state index >= 15 is 0 Å². The predicted molar refractivity (Wildman–Crippen MR) is 69.0 cm³/mol. The van der Waals surface area contributed by atoms with Gasteiger partial charge in [-0.05, 0) is 20.0 Å². The molecule has 1 aromatic heterocycles. The average molecular weight is 236 g/mol. The van der Waals surface area contributed by atoms with Crippen molar-refractivity contribution in [2.75, 3.05) is 32.1 Å². The van der Waals surface area contributed by atoms with E-state index in [9.17, 15) is 4.79 Å². The van der Waals surface area contributed by atoms with Crippen LogP contribution in [0.4, 0.5) is 5.82 Å². The Bertz CT molecular complexity index is 367. The van der Waals surface area contributed by atoms with Gasteiger partial charge in [-0.3, -0.25) is 4.79 Å². The SMILES string of the molecule is CCNC(=O)CN(C)c1ncccc1CNC. The summed E-state index contributed by atoms with van der Waals surface area (Å²) in [6.45, 7) is 3.62. The number of carbonyl (C=O) groups excluding carboxylic acids is 1. The van der Waals surface area contributed by atoms with E-state index in [2.05, 4.69) is 15.6 Å². The Kier molecular flexibility index (Phi) is 5.42. The fourth-order valence-electron chi connectivity index (χ4n) is 1.65. The third-order valence-electron chi connectivity index (χ3n) is 2.35. The van der Waals surface area contributed by atoms with Crippen molar-refractivity contribution in [3.8, 4) is 0 Å². The number of nitrogens with zero attached hydrogens (tertiary/aromatic N) is 2.